The van der Waals surface area contributed by atoms with Crippen molar-refractivity contribution in [3.63, 3.8) is 0 Å². The Bertz CT molecular complexity index is 356. The molecular weight excluding hydrogens is 204 g/mol. The fourth-order valence-corrected chi connectivity index (χ4v) is 1.97. The van der Waals surface area contributed by atoms with Crippen LogP contribution in [0.5, 0.6) is 0 Å². The molecule has 0 radical (unpaired) electrons. The molecule has 0 bridgehead atoms. The maximum Gasteiger partial charge on any atom is 0.300 e. The third-order valence-corrected chi connectivity index (χ3v) is 2.83. The van der Waals surface area contributed by atoms with Gasteiger partial charge in [0.15, 0.2) is 0 Å². The van der Waals surface area contributed by atoms with E-state index in [1.807, 2.05) is 6.07 Å². The van der Waals surface area contributed by atoms with E-state index in [0.29, 0.717) is 5.92 Å². The lowest BCUT2D eigenvalue weighted by Gasteiger charge is -2.27. The molecule has 2 N–H and O–H groups in total. The summed E-state index contributed by atoms with van der Waals surface area (Å²) < 4.78 is 0. The van der Waals surface area contributed by atoms with Crippen molar-refractivity contribution >= 4 is 5.97 Å². The van der Waals surface area contributed by atoms with Crippen molar-refractivity contribution in [1.82, 2.24) is 0 Å². The van der Waals surface area contributed by atoms with E-state index in [9.17, 15) is 5.11 Å². The summed E-state index contributed by atoms with van der Waals surface area (Å²) in [6.45, 7) is 3.18. The summed E-state index contributed by atoms with van der Waals surface area (Å²) in [6, 6.07) is 8.41. The first-order valence-corrected chi connectivity index (χ1v) is 5.47. The van der Waals surface area contributed by atoms with Gasteiger partial charge in [-0.1, -0.05) is 31.2 Å². The van der Waals surface area contributed by atoms with Crippen LogP contribution in [0, 0.1) is 0 Å². The zero-order valence-corrected chi connectivity index (χ0v) is 9.68. The zero-order chi connectivity index (χ0) is 12.1. The summed E-state index contributed by atoms with van der Waals surface area (Å²) in [6.07, 6.45) is 1.81. The Balaban J connectivity index is 0.000000280. The highest BCUT2D eigenvalue weighted by molar-refractivity contribution is 5.62. The molecule has 88 valence electrons. The Morgan fingerprint density at radius 3 is 2.56 bits per heavy atom. The molecule has 3 nitrogen and oxygen atoms in total. The van der Waals surface area contributed by atoms with Crippen LogP contribution in [0.25, 0.3) is 0 Å². The number of fused-ring (bicyclic) bond motifs is 1. The maximum atomic E-state index is 9.62. The molecule has 1 aliphatic rings. The van der Waals surface area contributed by atoms with Crippen LogP contribution in [0.1, 0.15) is 37.3 Å². The molecule has 0 aliphatic heterocycles. The molecule has 0 saturated carbocycles. The lowest BCUT2D eigenvalue weighted by atomic mass is 9.82. The number of carbonyl (C=O) groups is 1. The maximum absolute atomic E-state index is 9.62. The standard InChI is InChI=1S/C11H14O.C2H4O2/c1-8-10-5-3-2-4-9(10)6-7-11(8)12;1-2(3)4/h2-5,8,11-12H,6-7H2,1H3;1H3,(H,3,4). The lowest BCUT2D eigenvalue weighted by molar-refractivity contribution is -0.134. The second kappa shape index (κ2) is 5.66. The lowest BCUT2D eigenvalue weighted by Crippen LogP contribution is -2.22. The number of carboxylic acid groups (broad SMARTS) is 1. The van der Waals surface area contributed by atoms with E-state index in [4.69, 9.17) is 9.90 Å². The largest absolute Gasteiger partial charge is 0.481 e. The molecule has 3 heteroatoms. The van der Waals surface area contributed by atoms with Crippen LogP contribution in [0.3, 0.4) is 0 Å². The zero-order valence-electron chi connectivity index (χ0n) is 9.68. The summed E-state index contributed by atoms with van der Waals surface area (Å²) >= 11 is 0. The minimum absolute atomic E-state index is 0.139. The fraction of sp³-hybridized carbons (Fsp3) is 0.462. The SMILES string of the molecule is CC(=O)O.CC1c2ccccc2CCC1O. The average molecular weight is 222 g/mol. The summed E-state index contributed by atoms with van der Waals surface area (Å²) in [5.41, 5.74) is 2.74. The highest BCUT2D eigenvalue weighted by Gasteiger charge is 2.23. The number of carboxylic acids is 1. The topological polar surface area (TPSA) is 57.5 Å². The molecule has 2 rings (SSSR count). The third-order valence-electron chi connectivity index (χ3n) is 2.83. The first-order valence-electron chi connectivity index (χ1n) is 5.47. The van der Waals surface area contributed by atoms with Crippen molar-refractivity contribution in [2.45, 2.75) is 38.7 Å². The van der Waals surface area contributed by atoms with Gasteiger partial charge in [-0.2, -0.15) is 0 Å². The normalized spacial score (nSPS) is 22.7. The quantitative estimate of drug-likeness (QED) is 0.707. The van der Waals surface area contributed by atoms with E-state index in [-0.39, 0.29) is 6.10 Å². The molecule has 2 unspecified atom stereocenters. The molecule has 1 aromatic carbocycles. The van der Waals surface area contributed by atoms with E-state index < -0.39 is 5.97 Å². The van der Waals surface area contributed by atoms with Crippen LogP contribution in [-0.2, 0) is 11.2 Å². The van der Waals surface area contributed by atoms with E-state index in [1.54, 1.807) is 0 Å². The number of hydrogen-bond donors (Lipinski definition) is 2. The van der Waals surface area contributed by atoms with Gasteiger partial charge in [0.05, 0.1) is 6.10 Å². The number of rotatable bonds is 0. The van der Waals surface area contributed by atoms with Gasteiger partial charge in [-0.05, 0) is 24.0 Å². The van der Waals surface area contributed by atoms with Crippen LogP contribution in [0.4, 0.5) is 0 Å². The highest BCUT2D eigenvalue weighted by Crippen LogP contribution is 2.30. The predicted octanol–water partition coefficient (Wildman–Crippen LogP) is 2.19. The third kappa shape index (κ3) is 3.35. The highest BCUT2D eigenvalue weighted by atomic mass is 16.4. The molecule has 1 aliphatic carbocycles. The van der Waals surface area contributed by atoms with Crippen LogP contribution < -0.4 is 0 Å². The molecular formula is C13H18O3. The number of aryl methyl sites for hydroxylation is 1. The molecule has 0 aromatic heterocycles. The molecule has 0 heterocycles. The second-order valence-corrected chi connectivity index (χ2v) is 4.11. The van der Waals surface area contributed by atoms with Crippen LogP contribution in [-0.4, -0.2) is 22.3 Å². The van der Waals surface area contributed by atoms with Crippen LogP contribution in [0.2, 0.25) is 0 Å². The van der Waals surface area contributed by atoms with Crippen molar-refractivity contribution < 1.29 is 15.0 Å². The summed E-state index contributed by atoms with van der Waals surface area (Å²) in [5.74, 6) is -0.519. The van der Waals surface area contributed by atoms with Crippen molar-refractivity contribution in [2.75, 3.05) is 0 Å². The van der Waals surface area contributed by atoms with Gasteiger partial charge in [0.2, 0.25) is 0 Å². The average Bonchev–Trinajstić information content (AvgIpc) is 2.23. The predicted molar refractivity (Wildman–Crippen MR) is 62.5 cm³/mol. The number of benzene rings is 1. The Hall–Kier alpha value is -1.35. The van der Waals surface area contributed by atoms with Gasteiger partial charge in [-0.3, -0.25) is 4.79 Å². The van der Waals surface area contributed by atoms with E-state index in [2.05, 4.69) is 25.1 Å². The van der Waals surface area contributed by atoms with Gasteiger partial charge in [0, 0.05) is 12.8 Å². The van der Waals surface area contributed by atoms with Crippen molar-refractivity contribution in [1.29, 1.82) is 0 Å². The molecule has 0 saturated heterocycles. The van der Waals surface area contributed by atoms with E-state index in [1.165, 1.54) is 11.1 Å². The number of aliphatic carboxylic acids is 1. The Kier molecular flexibility index (Phi) is 4.50. The van der Waals surface area contributed by atoms with Gasteiger partial charge in [-0.25, -0.2) is 0 Å². The molecule has 0 amide bonds. The van der Waals surface area contributed by atoms with Crippen molar-refractivity contribution in [3.8, 4) is 0 Å². The minimum atomic E-state index is -0.833. The Morgan fingerprint density at radius 2 is 1.94 bits per heavy atom. The fourth-order valence-electron chi connectivity index (χ4n) is 1.97. The summed E-state index contributed by atoms with van der Waals surface area (Å²) in [4.78, 5) is 9.00. The number of hydrogen-bond acceptors (Lipinski definition) is 2. The molecule has 16 heavy (non-hydrogen) atoms. The van der Waals surface area contributed by atoms with Gasteiger partial charge >= 0.3 is 0 Å². The van der Waals surface area contributed by atoms with Gasteiger partial charge in [-0.15, -0.1) is 0 Å². The monoisotopic (exact) mass is 222 g/mol. The van der Waals surface area contributed by atoms with Gasteiger partial charge < -0.3 is 10.2 Å². The molecule has 0 fully saturated rings. The first kappa shape index (κ1) is 12.7. The van der Waals surface area contributed by atoms with Crippen LogP contribution >= 0.6 is 0 Å². The Morgan fingerprint density at radius 1 is 1.38 bits per heavy atom. The Labute approximate surface area is 95.7 Å². The molecule has 1 aromatic rings. The van der Waals surface area contributed by atoms with Gasteiger partial charge in [0.1, 0.15) is 0 Å². The van der Waals surface area contributed by atoms with E-state index in [0.717, 1.165) is 19.8 Å². The second-order valence-electron chi connectivity index (χ2n) is 4.11. The minimum Gasteiger partial charge on any atom is -0.481 e. The van der Waals surface area contributed by atoms with Gasteiger partial charge in [0.25, 0.3) is 5.97 Å². The van der Waals surface area contributed by atoms with Crippen LogP contribution in [0.15, 0.2) is 24.3 Å². The molecule has 2 atom stereocenters. The van der Waals surface area contributed by atoms with Crippen molar-refractivity contribution in [2.24, 2.45) is 0 Å². The number of aliphatic hydroxyl groups is 1. The summed E-state index contributed by atoms with van der Waals surface area (Å²) in [7, 11) is 0. The van der Waals surface area contributed by atoms with Crippen molar-refractivity contribution in [3.05, 3.63) is 35.4 Å². The first-order chi connectivity index (χ1) is 7.52. The van der Waals surface area contributed by atoms with E-state index >= 15 is 0 Å². The summed E-state index contributed by atoms with van der Waals surface area (Å²) in [5, 5.41) is 17.0. The number of aliphatic hydroxyl groups excluding tert-OH is 1. The molecule has 0 spiro atoms. The smallest absolute Gasteiger partial charge is 0.300 e.